The first kappa shape index (κ1) is 22.4. The number of benzene rings is 3. The van der Waals surface area contributed by atoms with E-state index in [-0.39, 0.29) is 17.6 Å². The molecule has 0 aliphatic carbocycles. The first-order valence-corrected chi connectivity index (χ1v) is 11.8. The molecule has 0 radical (unpaired) electrons. The Morgan fingerprint density at radius 3 is 2.50 bits per heavy atom. The van der Waals surface area contributed by atoms with Crippen molar-refractivity contribution in [3.05, 3.63) is 93.4 Å². The van der Waals surface area contributed by atoms with Crippen LogP contribution in [0.5, 0.6) is 0 Å². The molecule has 3 aromatic carbocycles. The summed E-state index contributed by atoms with van der Waals surface area (Å²) in [5.41, 5.74) is 8.15. The molecule has 2 amide bonds. The normalized spacial score (nSPS) is 10.8. The summed E-state index contributed by atoms with van der Waals surface area (Å²) in [5, 5.41) is 1.30. The molecule has 0 aliphatic heterocycles. The Bertz CT molecular complexity index is 1260. The Labute approximate surface area is 202 Å². The van der Waals surface area contributed by atoms with Crippen LogP contribution in [-0.2, 0) is 11.3 Å². The Balaban J connectivity index is 1.44. The molecule has 162 valence electrons. The van der Waals surface area contributed by atoms with Gasteiger partial charge in [-0.2, -0.15) is 0 Å². The van der Waals surface area contributed by atoms with Crippen LogP contribution in [0.4, 0.5) is 0 Å². The smallest absolute Gasteiger partial charge is 0.269 e. The minimum absolute atomic E-state index is 0.0897. The van der Waals surface area contributed by atoms with Gasteiger partial charge in [0, 0.05) is 15.1 Å². The number of nitrogens with zero attached hydrogens (tertiary/aromatic N) is 2. The predicted octanol–water partition coefficient (Wildman–Crippen LogP) is 5.05. The highest BCUT2D eigenvalue weighted by Gasteiger charge is 2.15. The number of aromatic nitrogens is 2. The molecule has 0 spiro atoms. The van der Waals surface area contributed by atoms with E-state index < -0.39 is 0 Å². The number of halogens is 2. The first-order chi connectivity index (χ1) is 15.5. The lowest BCUT2D eigenvalue weighted by Gasteiger charge is -2.10. The van der Waals surface area contributed by atoms with Crippen molar-refractivity contribution in [2.75, 3.05) is 5.75 Å². The molecule has 4 rings (SSSR count). The zero-order valence-electron chi connectivity index (χ0n) is 16.7. The maximum atomic E-state index is 12.3. The van der Waals surface area contributed by atoms with Crippen molar-refractivity contribution in [1.29, 1.82) is 0 Å². The average Bonchev–Trinajstić information content (AvgIpc) is 3.13. The summed E-state index contributed by atoms with van der Waals surface area (Å²) < 4.78 is 2.92. The highest BCUT2D eigenvalue weighted by atomic mass is 79.9. The molecule has 0 atom stereocenters. The number of carbonyl (C=O) groups is 2. The second kappa shape index (κ2) is 10.2. The number of hydrogen-bond donors (Lipinski definition) is 2. The van der Waals surface area contributed by atoms with Crippen molar-refractivity contribution in [2.45, 2.75) is 11.7 Å². The van der Waals surface area contributed by atoms with Gasteiger partial charge in [-0.15, -0.1) is 0 Å². The lowest BCUT2D eigenvalue weighted by Crippen LogP contribution is -2.42. The summed E-state index contributed by atoms with van der Waals surface area (Å²) in [6, 6.07) is 22.4. The molecule has 0 fully saturated rings. The lowest BCUT2D eigenvalue weighted by molar-refractivity contribution is -0.119. The summed E-state index contributed by atoms with van der Waals surface area (Å²) in [6.45, 7) is 0.614. The SMILES string of the molecule is O=C(CSc1nc2cc(Cl)ccc2n1Cc1ccccc1)NNC(=O)c1ccc(Br)cc1. The molecule has 0 aliphatic rings. The largest absolute Gasteiger partial charge is 0.314 e. The summed E-state index contributed by atoms with van der Waals surface area (Å²) in [7, 11) is 0. The van der Waals surface area contributed by atoms with Crippen LogP contribution >= 0.6 is 39.3 Å². The number of rotatable bonds is 6. The van der Waals surface area contributed by atoms with Gasteiger partial charge in [0.15, 0.2) is 5.16 Å². The van der Waals surface area contributed by atoms with E-state index in [0.717, 1.165) is 21.1 Å². The predicted molar refractivity (Wildman–Crippen MR) is 131 cm³/mol. The van der Waals surface area contributed by atoms with E-state index >= 15 is 0 Å². The van der Waals surface area contributed by atoms with E-state index in [1.54, 1.807) is 30.3 Å². The number of nitrogens with one attached hydrogen (secondary N) is 2. The van der Waals surface area contributed by atoms with E-state index in [0.29, 0.717) is 22.3 Å². The van der Waals surface area contributed by atoms with Crippen LogP contribution in [0.3, 0.4) is 0 Å². The highest BCUT2D eigenvalue weighted by Crippen LogP contribution is 2.27. The van der Waals surface area contributed by atoms with Crippen LogP contribution < -0.4 is 10.9 Å². The van der Waals surface area contributed by atoms with Crippen LogP contribution in [-0.4, -0.2) is 27.1 Å². The number of hydrazine groups is 1. The fourth-order valence-electron chi connectivity index (χ4n) is 3.08. The zero-order chi connectivity index (χ0) is 22.5. The van der Waals surface area contributed by atoms with Gasteiger partial charge in [0.25, 0.3) is 5.91 Å². The maximum absolute atomic E-state index is 12.3. The molecule has 0 unspecified atom stereocenters. The third-order valence-electron chi connectivity index (χ3n) is 4.61. The van der Waals surface area contributed by atoms with Crippen molar-refractivity contribution in [1.82, 2.24) is 20.4 Å². The number of imidazole rings is 1. The monoisotopic (exact) mass is 528 g/mol. The molecule has 2 N–H and O–H groups in total. The second-order valence-electron chi connectivity index (χ2n) is 6.90. The number of hydrogen-bond acceptors (Lipinski definition) is 4. The lowest BCUT2D eigenvalue weighted by atomic mass is 10.2. The van der Waals surface area contributed by atoms with Gasteiger partial charge >= 0.3 is 0 Å². The molecular weight excluding hydrogens is 512 g/mol. The molecule has 0 bridgehead atoms. The van der Waals surface area contributed by atoms with E-state index in [1.807, 2.05) is 42.5 Å². The average molecular weight is 530 g/mol. The molecular formula is C23H18BrClN4O2S. The van der Waals surface area contributed by atoms with Crippen LogP contribution in [0.15, 0.2) is 82.4 Å². The van der Waals surface area contributed by atoms with Gasteiger partial charge in [-0.1, -0.05) is 69.6 Å². The molecule has 1 aromatic heterocycles. The van der Waals surface area contributed by atoms with E-state index in [2.05, 4.69) is 36.3 Å². The minimum Gasteiger partial charge on any atom is -0.314 e. The topological polar surface area (TPSA) is 76.0 Å². The maximum Gasteiger partial charge on any atom is 0.269 e. The highest BCUT2D eigenvalue weighted by molar-refractivity contribution is 9.10. The van der Waals surface area contributed by atoms with Crippen molar-refractivity contribution in [2.24, 2.45) is 0 Å². The van der Waals surface area contributed by atoms with E-state index in [1.165, 1.54) is 11.8 Å². The number of thioether (sulfide) groups is 1. The third kappa shape index (κ3) is 5.51. The molecule has 1 heterocycles. The van der Waals surface area contributed by atoms with Gasteiger partial charge in [0.2, 0.25) is 5.91 Å². The van der Waals surface area contributed by atoms with Crippen molar-refractivity contribution in [3.63, 3.8) is 0 Å². The quantitative estimate of drug-likeness (QED) is 0.271. The Morgan fingerprint density at radius 2 is 1.75 bits per heavy atom. The van der Waals surface area contributed by atoms with Gasteiger partial charge in [0.1, 0.15) is 0 Å². The summed E-state index contributed by atoms with van der Waals surface area (Å²) in [4.78, 5) is 29.2. The van der Waals surface area contributed by atoms with Crippen molar-refractivity contribution < 1.29 is 9.59 Å². The van der Waals surface area contributed by atoms with Crippen LogP contribution in [0, 0.1) is 0 Å². The Morgan fingerprint density at radius 1 is 1.00 bits per heavy atom. The molecule has 4 aromatic rings. The summed E-state index contributed by atoms with van der Waals surface area (Å²) in [5.74, 6) is -0.634. The van der Waals surface area contributed by atoms with Gasteiger partial charge < -0.3 is 4.57 Å². The first-order valence-electron chi connectivity index (χ1n) is 9.67. The molecule has 0 saturated heterocycles. The van der Waals surface area contributed by atoms with Crippen LogP contribution in [0.25, 0.3) is 11.0 Å². The standard InChI is InChI=1S/C23H18BrClN4O2S/c24-17-8-6-16(7-9-17)22(31)28-27-21(30)14-32-23-26-19-12-18(25)10-11-20(19)29(23)13-15-4-2-1-3-5-15/h1-12H,13-14H2,(H,27,30)(H,28,31). The van der Waals surface area contributed by atoms with Crippen LogP contribution in [0.2, 0.25) is 5.02 Å². The Kier molecular flexibility index (Phi) is 7.14. The Hall–Kier alpha value is -2.81. The number of carbonyl (C=O) groups excluding carboxylic acids is 2. The summed E-state index contributed by atoms with van der Waals surface area (Å²) in [6.07, 6.45) is 0. The minimum atomic E-state index is -0.387. The van der Waals surface area contributed by atoms with Crippen molar-refractivity contribution in [3.8, 4) is 0 Å². The van der Waals surface area contributed by atoms with Gasteiger partial charge in [-0.05, 0) is 48.0 Å². The number of amides is 2. The molecule has 0 saturated carbocycles. The fourth-order valence-corrected chi connectivity index (χ4v) is 4.32. The molecule has 6 nitrogen and oxygen atoms in total. The van der Waals surface area contributed by atoms with Crippen molar-refractivity contribution >= 4 is 62.1 Å². The van der Waals surface area contributed by atoms with E-state index in [9.17, 15) is 9.59 Å². The van der Waals surface area contributed by atoms with Crippen LogP contribution in [0.1, 0.15) is 15.9 Å². The van der Waals surface area contributed by atoms with Gasteiger partial charge in [-0.3, -0.25) is 20.4 Å². The molecule has 32 heavy (non-hydrogen) atoms. The van der Waals surface area contributed by atoms with Gasteiger partial charge in [0.05, 0.1) is 23.3 Å². The van der Waals surface area contributed by atoms with E-state index in [4.69, 9.17) is 11.6 Å². The fraction of sp³-hybridized carbons (Fsp3) is 0.0870. The number of fused-ring (bicyclic) bond motifs is 1. The molecule has 9 heteroatoms. The second-order valence-corrected chi connectivity index (χ2v) is 9.19. The van der Waals surface area contributed by atoms with Gasteiger partial charge in [-0.25, -0.2) is 4.98 Å². The summed E-state index contributed by atoms with van der Waals surface area (Å²) >= 11 is 10.8. The third-order valence-corrected chi connectivity index (χ3v) is 6.35. The zero-order valence-corrected chi connectivity index (χ0v) is 19.9.